The predicted octanol–water partition coefficient (Wildman–Crippen LogP) is 1.29. The summed E-state index contributed by atoms with van der Waals surface area (Å²) in [6.45, 7) is 2.97. The maximum atomic E-state index is 12.1. The van der Waals surface area contributed by atoms with Gasteiger partial charge in [-0.3, -0.25) is 4.79 Å². The number of benzene rings is 1. The van der Waals surface area contributed by atoms with Gasteiger partial charge in [-0.1, -0.05) is 11.6 Å². The fourth-order valence-electron chi connectivity index (χ4n) is 2.21. The monoisotopic (exact) mass is 332 g/mol. The summed E-state index contributed by atoms with van der Waals surface area (Å²) in [4.78, 5) is 11.8. The zero-order valence-electron chi connectivity index (χ0n) is 11.6. The summed E-state index contributed by atoms with van der Waals surface area (Å²) in [5.41, 5.74) is -0.185. The number of nitrogens with two attached hydrogens (primary N) is 1. The number of hydrogen-bond acceptors (Lipinski definition) is 4. The molecule has 1 aliphatic heterocycles. The summed E-state index contributed by atoms with van der Waals surface area (Å²) >= 11 is 5.78. The lowest BCUT2D eigenvalue weighted by molar-refractivity contribution is 0.0206. The molecule has 0 bridgehead atoms. The normalized spacial score (nSPS) is 22.2. The van der Waals surface area contributed by atoms with Crippen LogP contribution in [0.3, 0.4) is 0 Å². The largest absolute Gasteiger partial charge is 0.373 e. The molecule has 6 nitrogen and oxygen atoms in total. The van der Waals surface area contributed by atoms with Gasteiger partial charge in [-0.05, 0) is 38.0 Å². The fourth-order valence-corrected chi connectivity index (χ4v) is 3.28. The number of primary sulfonamides is 1. The van der Waals surface area contributed by atoms with Crippen molar-refractivity contribution in [2.75, 3.05) is 13.2 Å². The lowest BCUT2D eigenvalue weighted by atomic mass is 10.0. The number of sulfonamides is 1. The van der Waals surface area contributed by atoms with E-state index in [-0.39, 0.29) is 21.1 Å². The second-order valence-corrected chi connectivity index (χ2v) is 7.21. The quantitative estimate of drug-likeness (QED) is 0.867. The van der Waals surface area contributed by atoms with Crippen molar-refractivity contribution >= 4 is 27.5 Å². The van der Waals surface area contributed by atoms with Gasteiger partial charge < -0.3 is 10.1 Å². The molecule has 1 heterocycles. The fraction of sp³-hybridized carbons (Fsp3) is 0.462. The second-order valence-electron chi connectivity index (χ2n) is 5.27. The van der Waals surface area contributed by atoms with E-state index in [9.17, 15) is 13.2 Å². The van der Waals surface area contributed by atoms with Gasteiger partial charge in [0.2, 0.25) is 10.0 Å². The number of rotatable bonds is 4. The van der Waals surface area contributed by atoms with Crippen molar-refractivity contribution in [3.63, 3.8) is 0 Å². The third-order valence-electron chi connectivity index (χ3n) is 3.42. The molecule has 1 aliphatic rings. The van der Waals surface area contributed by atoms with E-state index in [0.29, 0.717) is 13.2 Å². The topological polar surface area (TPSA) is 98.5 Å². The highest BCUT2D eigenvalue weighted by Crippen LogP contribution is 2.24. The van der Waals surface area contributed by atoms with Crippen molar-refractivity contribution in [1.29, 1.82) is 0 Å². The molecule has 0 aromatic heterocycles. The highest BCUT2D eigenvalue weighted by molar-refractivity contribution is 7.89. The number of ether oxygens (including phenoxy) is 1. The van der Waals surface area contributed by atoms with Gasteiger partial charge in [-0.25, -0.2) is 13.6 Å². The first-order valence-electron chi connectivity index (χ1n) is 6.46. The van der Waals surface area contributed by atoms with Crippen molar-refractivity contribution in [3.8, 4) is 0 Å². The van der Waals surface area contributed by atoms with E-state index < -0.39 is 15.9 Å². The first kappa shape index (κ1) is 16.2. The van der Waals surface area contributed by atoms with Gasteiger partial charge in [0, 0.05) is 18.7 Å². The van der Waals surface area contributed by atoms with E-state index in [1.165, 1.54) is 18.2 Å². The SMILES string of the molecule is CC1(CNC(=O)c2ccc(Cl)c(S(N)(=O)=O)c2)CCCO1. The Morgan fingerprint density at radius 3 is 2.81 bits per heavy atom. The van der Waals surface area contributed by atoms with Crippen LogP contribution in [0, 0.1) is 0 Å². The summed E-state index contributed by atoms with van der Waals surface area (Å²) in [6.07, 6.45) is 1.83. The number of hydrogen-bond donors (Lipinski definition) is 2. The van der Waals surface area contributed by atoms with Gasteiger partial charge in [0.15, 0.2) is 0 Å². The first-order valence-corrected chi connectivity index (χ1v) is 8.38. The van der Waals surface area contributed by atoms with E-state index in [1.54, 1.807) is 0 Å². The Kier molecular flexibility index (Phi) is 4.57. The minimum atomic E-state index is -3.97. The molecular formula is C13H17ClN2O4S. The van der Waals surface area contributed by atoms with E-state index in [0.717, 1.165) is 12.8 Å². The van der Waals surface area contributed by atoms with Crippen LogP contribution in [0.5, 0.6) is 0 Å². The van der Waals surface area contributed by atoms with E-state index in [2.05, 4.69) is 5.32 Å². The molecule has 1 aromatic carbocycles. The molecule has 0 saturated carbocycles. The average molecular weight is 333 g/mol. The highest BCUT2D eigenvalue weighted by atomic mass is 35.5. The maximum absolute atomic E-state index is 12.1. The smallest absolute Gasteiger partial charge is 0.251 e. The van der Waals surface area contributed by atoms with Crippen LogP contribution in [0.2, 0.25) is 5.02 Å². The lowest BCUT2D eigenvalue weighted by Crippen LogP contribution is -2.40. The van der Waals surface area contributed by atoms with E-state index in [1.807, 2.05) is 6.92 Å². The molecule has 2 rings (SSSR count). The molecule has 1 aromatic rings. The zero-order chi connectivity index (χ0) is 15.7. The number of carbonyl (C=O) groups is 1. The molecule has 0 aliphatic carbocycles. The Morgan fingerprint density at radius 2 is 2.24 bits per heavy atom. The average Bonchev–Trinajstić information content (AvgIpc) is 2.83. The third kappa shape index (κ3) is 3.94. The van der Waals surface area contributed by atoms with Crippen LogP contribution in [0.1, 0.15) is 30.1 Å². The molecule has 3 N–H and O–H groups in total. The molecular weight excluding hydrogens is 316 g/mol. The van der Waals surface area contributed by atoms with Gasteiger partial charge in [0.25, 0.3) is 5.91 Å². The standard InChI is InChI=1S/C13H17ClN2O4S/c1-13(5-2-6-20-13)8-16-12(17)9-3-4-10(14)11(7-9)21(15,18)19/h3-4,7H,2,5-6,8H2,1H3,(H,16,17)(H2,15,18,19). The molecule has 1 amide bonds. The molecule has 116 valence electrons. The van der Waals surface area contributed by atoms with Crippen LogP contribution in [0.4, 0.5) is 0 Å². The Bertz CT molecular complexity index is 654. The minimum absolute atomic E-state index is 0.0138. The van der Waals surface area contributed by atoms with Crippen LogP contribution in [-0.2, 0) is 14.8 Å². The Balaban J connectivity index is 2.13. The van der Waals surface area contributed by atoms with Gasteiger partial charge in [-0.15, -0.1) is 0 Å². The van der Waals surface area contributed by atoms with E-state index in [4.69, 9.17) is 21.5 Å². The van der Waals surface area contributed by atoms with Crippen LogP contribution >= 0.6 is 11.6 Å². The maximum Gasteiger partial charge on any atom is 0.251 e. The van der Waals surface area contributed by atoms with Crippen molar-refractivity contribution in [3.05, 3.63) is 28.8 Å². The Labute approximate surface area is 128 Å². The van der Waals surface area contributed by atoms with Crippen LogP contribution in [0.15, 0.2) is 23.1 Å². The summed E-state index contributed by atoms with van der Waals surface area (Å²) in [5.74, 6) is -0.395. The summed E-state index contributed by atoms with van der Waals surface area (Å²) in [5, 5.41) is 7.78. The van der Waals surface area contributed by atoms with Gasteiger partial charge >= 0.3 is 0 Å². The second kappa shape index (κ2) is 5.92. The third-order valence-corrected chi connectivity index (χ3v) is 4.82. The van der Waals surface area contributed by atoms with Gasteiger partial charge in [-0.2, -0.15) is 0 Å². The Hall–Kier alpha value is -1.15. The summed E-state index contributed by atoms with van der Waals surface area (Å²) in [7, 11) is -3.97. The molecule has 1 fully saturated rings. The number of nitrogens with one attached hydrogen (secondary N) is 1. The molecule has 1 unspecified atom stereocenters. The van der Waals surface area contributed by atoms with Crippen LogP contribution < -0.4 is 10.5 Å². The summed E-state index contributed by atoms with van der Waals surface area (Å²) in [6, 6.07) is 3.96. The van der Waals surface area contributed by atoms with Crippen molar-refractivity contribution < 1.29 is 17.9 Å². The summed E-state index contributed by atoms with van der Waals surface area (Å²) < 4.78 is 28.3. The predicted molar refractivity (Wildman–Crippen MR) is 78.7 cm³/mol. The van der Waals surface area contributed by atoms with Gasteiger partial charge in [0.05, 0.1) is 10.6 Å². The molecule has 0 radical (unpaired) electrons. The van der Waals surface area contributed by atoms with Crippen LogP contribution in [-0.4, -0.2) is 33.1 Å². The number of halogens is 1. The highest BCUT2D eigenvalue weighted by Gasteiger charge is 2.30. The van der Waals surface area contributed by atoms with Crippen molar-refractivity contribution in [2.24, 2.45) is 5.14 Å². The van der Waals surface area contributed by atoms with Crippen LogP contribution in [0.25, 0.3) is 0 Å². The molecule has 1 atom stereocenters. The van der Waals surface area contributed by atoms with Crippen molar-refractivity contribution in [1.82, 2.24) is 5.32 Å². The lowest BCUT2D eigenvalue weighted by Gasteiger charge is -2.23. The molecule has 21 heavy (non-hydrogen) atoms. The molecule has 0 spiro atoms. The zero-order valence-corrected chi connectivity index (χ0v) is 13.1. The number of amides is 1. The molecule has 8 heteroatoms. The number of carbonyl (C=O) groups excluding carboxylic acids is 1. The first-order chi connectivity index (χ1) is 9.71. The minimum Gasteiger partial charge on any atom is -0.373 e. The molecule has 1 saturated heterocycles. The van der Waals surface area contributed by atoms with E-state index >= 15 is 0 Å². The van der Waals surface area contributed by atoms with Gasteiger partial charge in [0.1, 0.15) is 4.90 Å². The Morgan fingerprint density at radius 1 is 1.52 bits per heavy atom. The van der Waals surface area contributed by atoms with Crippen molar-refractivity contribution in [2.45, 2.75) is 30.3 Å².